The van der Waals surface area contributed by atoms with Gasteiger partial charge in [-0.3, -0.25) is 4.79 Å². The lowest BCUT2D eigenvalue weighted by atomic mass is 10.1. The Balaban J connectivity index is 0.00000256. The van der Waals surface area contributed by atoms with E-state index in [1.54, 1.807) is 0 Å². The molecule has 0 amide bonds. The van der Waals surface area contributed by atoms with E-state index >= 15 is 0 Å². The molecule has 0 bridgehead atoms. The van der Waals surface area contributed by atoms with Crippen molar-refractivity contribution >= 4 is 5.78 Å². The zero-order chi connectivity index (χ0) is 12.0. The molecular formula is C14H20ClNO. The van der Waals surface area contributed by atoms with Crippen LogP contribution in [0.25, 0.3) is 0 Å². The second-order valence-electron chi connectivity index (χ2n) is 4.24. The summed E-state index contributed by atoms with van der Waals surface area (Å²) >= 11 is 0. The molecule has 1 rings (SSSR count). The van der Waals surface area contributed by atoms with Gasteiger partial charge in [0, 0.05) is 12.5 Å². The smallest absolute Gasteiger partial charge is 0.179 e. The van der Waals surface area contributed by atoms with Gasteiger partial charge in [-0.1, -0.05) is 12.5 Å². The topological polar surface area (TPSA) is 20.9 Å². The van der Waals surface area contributed by atoms with E-state index in [0.29, 0.717) is 6.42 Å². The van der Waals surface area contributed by atoms with Crippen LogP contribution in [0.1, 0.15) is 44.0 Å². The highest BCUT2D eigenvalue weighted by molar-refractivity contribution is 5.95. The second-order valence-corrected chi connectivity index (χ2v) is 4.24. The molecule has 2 nitrogen and oxygen atoms in total. The number of Topliss-reactive ketones (excluding diaryl/α,β-unsaturated/α-hetero) is 1. The van der Waals surface area contributed by atoms with E-state index < -0.39 is 0 Å². The van der Waals surface area contributed by atoms with Crippen molar-refractivity contribution in [2.45, 2.75) is 40.2 Å². The summed E-state index contributed by atoms with van der Waals surface area (Å²) in [6.07, 6.45) is 7.60. The second kappa shape index (κ2) is 8.02. The van der Waals surface area contributed by atoms with Crippen molar-refractivity contribution < 1.29 is 21.8 Å². The zero-order valence-corrected chi connectivity index (χ0v) is 11.5. The Morgan fingerprint density at radius 1 is 1.41 bits per heavy atom. The van der Waals surface area contributed by atoms with Crippen LogP contribution in [-0.4, -0.2) is 5.78 Å². The fourth-order valence-corrected chi connectivity index (χ4v) is 1.46. The predicted molar refractivity (Wildman–Crippen MR) is 65.3 cm³/mol. The van der Waals surface area contributed by atoms with E-state index in [0.717, 1.165) is 18.5 Å². The van der Waals surface area contributed by atoms with Gasteiger partial charge < -0.3 is 12.4 Å². The Morgan fingerprint density at radius 2 is 2.12 bits per heavy atom. The minimum atomic E-state index is 0. The summed E-state index contributed by atoms with van der Waals surface area (Å²) in [5.41, 5.74) is 2.10. The van der Waals surface area contributed by atoms with Gasteiger partial charge in [0.15, 0.2) is 24.7 Å². The van der Waals surface area contributed by atoms with Crippen LogP contribution in [0, 0.1) is 0 Å². The fraction of sp³-hybridized carbons (Fsp3) is 0.429. The van der Waals surface area contributed by atoms with Crippen molar-refractivity contribution in [2.75, 3.05) is 0 Å². The number of ketones is 1. The molecule has 1 aromatic heterocycles. The molecule has 94 valence electrons. The Kier molecular flexibility index (Phi) is 7.47. The average molecular weight is 254 g/mol. The van der Waals surface area contributed by atoms with E-state index in [2.05, 4.69) is 19.9 Å². The van der Waals surface area contributed by atoms with Crippen LogP contribution in [0.2, 0.25) is 0 Å². The van der Waals surface area contributed by atoms with Gasteiger partial charge in [-0.15, -0.1) is 0 Å². The van der Waals surface area contributed by atoms with Gasteiger partial charge in [-0.05, 0) is 32.4 Å². The summed E-state index contributed by atoms with van der Waals surface area (Å²) in [6, 6.07) is 3.82. The quantitative estimate of drug-likeness (QED) is 0.409. The Bertz CT molecular complexity index is 395. The molecule has 0 aliphatic rings. The Labute approximate surface area is 110 Å². The van der Waals surface area contributed by atoms with Crippen molar-refractivity contribution in [2.24, 2.45) is 0 Å². The molecule has 0 fully saturated rings. The molecule has 0 saturated carbocycles. The number of hydrogen-bond donors (Lipinski definition) is 0. The summed E-state index contributed by atoms with van der Waals surface area (Å²) in [4.78, 5) is 11.7. The lowest BCUT2D eigenvalue weighted by Gasteiger charge is -1.98. The van der Waals surface area contributed by atoms with Crippen molar-refractivity contribution in [3.05, 3.63) is 41.7 Å². The first kappa shape index (κ1) is 15.9. The van der Waals surface area contributed by atoms with Crippen LogP contribution in [-0.2, 0) is 6.54 Å². The monoisotopic (exact) mass is 253 g/mol. The summed E-state index contributed by atoms with van der Waals surface area (Å²) < 4.78 is 2.04. The van der Waals surface area contributed by atoms with Crippen molar-refractivity contribution in [3.8, 4) is 0 Å². The first-order valence-electron chi connectivity index (χ1n) is 5.79. The number of carbonyl (C=O) groups excluding carboxylic acids is 1. The highest BCUT2D eigenvalue weighted by atomic mass is 35.5. The van der Waals surface area contributed by atoms with Gasteiger partial charge in [0.2, 0.25) is 0 Å². The van der Waals surface area contributed by atoms with E-state index in [9.17, 15) is 4.79 Å². The summed E-state index contributed by atoms with van der Waals surface area (Å²) in [5, 5.41) is 0. The molecule has 0 unspecified atom stereocenters. The number of rotatable bonds is 5. The molecule has 0 aliphatic heterocycles. The van der Waals surface area contributed by atoms with Crippen LogP contribution in [0.5, 0.6) is 0 Å². The normalized spacial score (nSPS) is 9.35. The van der Waals surface area contributed by atoms with Crippen LogP contribution in [0.4, 0.5) is 0 Å². The summed E-state index contributed by atoms with van der Waals surface area (Å²) in [7, 11) is 0. The lowest BCUT2D eigenvalue weighted by Crippen LogP contribution is -3.00. The summed E-state index contributed by atoms with van der Waals surface area (Å²) in [6.45, 7) is 7.01. The summed E-state index contributed by atoms with van der Waals surface area (Å²) in [5.74, 6) is 0.231. The number of pyridine rings is 1. The molecule has 0 aromatic carbocycles. The SMILES string of the molecule is CCCC(=O)c1ccc[n+](CC=C(C)C)c1.[Cl-]. The lowest BCUT2D eigenvalue weighted by molar-refractivity contribution is -0.687. The van der Waals surface area contributed by atoms with Crippen molar-refractivity contribution in [3.63, 3.8) is 0 Å². The number of carbonyl (C=O) groups is 1. The van der Waals surface area contributed by atoms with Crippen molar-refractivity contribution in [1.29, 1.82) is 0 Å². The first-order chi connectivity index (χ1) is 7.63. The van der Waals surface area contributed by atoms with E-state index in [1.165, 1.54) is 5.57 Å². The van der Waals surface area contributed by atoms with Gasteiger partial charge in [-0.25, -0.2) is 4.57 Å². The maximum absolute atomic E-state index is 11.7. The molecule has 0 atom stereocenters. The van der Waals surface area contributed by atoms with Crippen LogP contribution in [0.3, 0.4) is 0 Å². The molecule has 0 aliphatic carbocycles. The molecule has 1 heterocycles. The third kappa shape index (κ3) is 5.64. The molecule has 0 saturated heterocycles. The minimum absolute atomic E-state index is 0. The maximum atomic E-state index is 11.7. The number of halogens is 1. The Hall–Kier alpha value is -1.15. The maximum Gasteiger partial charge on any atom is 0.179 e. The third-order valence-corrected chi connectivity index (χ3v) is 2.37. The molecule has 0 N–H and O–H groups in total. The fourth-order valence-electron chi connectivity index (χ4n) is 1.46. The van der Waals surface area contributed by atoms with E-state index in [-0.39, 0.29) is 18.2 Å². The Morgan fingerprint density at radius 3 is 2.71 bits per heavy atom. The molecular weight excluding hydrogens is 234 g/mol. The van der Waals surface area contributed by atoms with Gasteiger partial charge in [0.25, 0.3) is 0 Å². The number of aromatic nitrogens is 1. The number of hydrogen-bond acceptors (Lipinski definition) is 1. The van der Waals surface area contributed by atoms with Gasteiger partial charge in [0.1, 0.15) is 0 Å². The predicted octanol–water partition coefficient (Wildman–Crippen LogP) is -0.0729. The number of allylic oxidation sites excluding steroid dienone is 2. The van der Waals surface area contributed by atoms with Crippen LogP contribution >= 0.6 is 0 Å². The first-order valence-corrected chi connectivity index (χ1v) is 5.79. The average Bonchev–Trinajstić information content (AvgIpc) is 2.27. The highest BCUT2D eigenvalue weighted by Gasteiger charge is 2.08. The number of nitrogens with zero attached hydrogens (tertiary/aromatic N) is 1. The van der Waals surface area contributed by atoms with Crippen LogP contribution in [0.15, 0.2) is 36.2 Å². The largest absolute Gasteiger partial charge is 1.00 e. The standard InChI is InChI=1S/C14H20NO.ClH/c1-4-6-14(16)13-7-5-9-15(11-13)10-8-12(2)3;/h5,7-9,11H,4,6,10H2,1-3H3;1H/q+1;/p-1. The van der Waals surface area contributed by atoms with E-state index in [4.69, 9.17) is 0 Å². The highest BCUT2D eigenvalue weighted by Crippen LogP contribution is 2.02. The van der Waals surface area contributed by atoms with Gasteiger partial charge >= 0.3 is 0 Å². The van der Waals surface area contributed by atoms with E-state index in [1.807, 2.05) is 36.0 Å². The van der Waals surface area contributed by atoms with Gasteiger partial charge in [-0.2, -0.15) is 0 Å². The zero-order valence-electron chi connectivity index (χ0n) is 10.7. The molecule has 0 spiro atoms. The molecule has 0 radical (unpaired) electrons. The molecule has 1 aromatic rings. The molecule has 3 heteroatoms. The molecule has 17 heavy (non-hydrogen) atoms. The minimum Gasteiger partial charge on any atom is -1.00 e. The third-order valence-electron chi connectivity index (χ3n) is 2.37. The van der Waals surface area contributed by atoms with Crippen molar-refractivity contribution in [1.82, 2.24) is 0 Å². The van der Waals surface area contributed by atoms with Crippen LogP contribution < -0.4 is 17.0 Å². The van der Waals surface area contributed by atoms with Gasteiger partial charge in [0.05, 0.1) is 5.56 Å².